The van der Waals surface area contributed by atoms with E-state index in [-0.39, 0.29) is 18.2 Å². The summed E-state index contributed by atoms with van der Waals surface area (Å²) in [4.78, 5) is 12.1. The lowest BCUT2D eigenvalue weighted by molar-refractivity contribution is 0.0226. The molecule has 4 heteroatoms. The molecule has 0 radical (unpaired) electrons. The Hall–Kier alpha value is -2.59. The summed E-state index contributed by atoms with van der Waals surface area (Å²) in [6.07, 6.45) is 5.36. The summed E-state index contributed by atoms with van der Waals surface area (Å²) in [6.45, 7) is 0.549. The van der Waals surface area contributed by atoms with Gasteiger partial charge in [0.05, 0.1) is 25.4 Å². The molecule has 0 fully saturated rings. The van der Waals surface area contributed by atoms with Crippen LogP contribution in [-0.4, -0.2) is 25.3 Å². The Morgan fingerprint density at radius 3 is 2.28 bits per heavy atom. The van der Waals surface area contributed by atoms with E-state index in [1.807, 2.05) is 54.6 Å². The highest BCUT2D eigenvalue weighted by Gasteiger charge is 2.20. The number of carbonyl (C=O) groups excluding carboxylic acids is 1. The summed E-state index contributed by atoms with van der Waals surface area (Å²) in [5.74, 6) is 0.553. The van der Waals surface area contributed by atoms with Gasteiger partial charge in [-0.3, -0.25) is 0 Å². The molecule has 0 heterocycles. The fourth-order valence-electron chi connectivity index (χ4n) is 2.71. The molecule has 0 unspecified atom stereocenters. The van der Waals surface area contributed by atoms with Gasteiger partial charge in [-0.1, -0.05) is 36.4 Å². The average molecular weight is 338 g/mol. The maximum Gasteiger partial charge on any atom is 0.338 e. The van der Waals surface area contributed by atoms with Gasteiger partial charge in [0.25, 0.3) is 0 Å². The predicted octanol–water partition coefficient (Wildman–Crippen LogP) is 4.16. The highest BCUT2D eigenvalue weighted by atomic mass is 16.5. The third kappa shape index (κ3) is 4.94. The molecule has 0 saturated carbocycles. The number of hydrogen-bond acceptors (Lipinski definition) is 4. The molecule has 2 aromatic rings. The van der Waals surface area contributed by atoms with E-state index in [0.29, 0.717) is 12.2 Å². The van der Waals surface area contributed by atoms with Crippen molar-refractivity contribution in [3.05, 3.63) is 77.9 Å². The summed E-state index contributed by atoms with van der Waals surface area (Å²) in [5.41, 5.74) is 1.68. The van der Waals surface area contributed by atoms with Crippen molar-refractivity contribution < 1.29 is 19.0 Å². The number of carbonyl (C=O) groups is 1. The maximum absolute atomic E-state index is 12.1. The first-order chi connectivity index (χ1) is 12.2. The lowest BCUT2D eigenvalue weighted by Gasteiger charge is -2.23. The van der Waals surface area contributed by atoms with Crippen molar-refractivity contribution in [3.63, 3.8) is 0 Å². The van der Waals surface area contributed by atoms with Crippen LogP contribution in [0.5, 0.6) is 5.75 Å². The maximum atomic E-state index is 12.1. The zero-order chi connectivity index (χ0) is 17.5. The Balaban J connectivity index is 1.46. The van der Waals surface area contributed by atoms with E-state index in [1.54, 1.807) is 19.2 Å². The summed E-state index contributed by atoms with van der Waals surface area (Å²) >= 11 is 0. The molecule has 0 saturated heterocycles. The molecule has 0 amide bonds. The lowest BCUT2D eigenvalue weighted by atomic mass is 10.0. The van der Waals surface area contributed by atoms with Gasteiger partial charge >= 0.3 is 5.97 Å². The van der Waals surface area contributed by atoms with Crippen molar-refractivity contribution in [2.75, 3.05) is 7.11 Å². The number of rotatable bonds is 6. The molecule has 0 spiro atoms. The first-order valence-electron chi connectivity index (χ1n) is 8.43. The standard InChI is InChI=1S/C21H22O4/c1-23-18-9-7-16(8-10-18)15-24-19-11-13-20(14-12-19)25-21(22)17-5-3-2-4-6-17/h2-11,13,19-20H,12,14-15H2,1H3/t19-,20-/m0/s1. The van der Waals surface area contributed by atoms with Gasteiger partial charge in [0.1, 0.15) is 11.9 Å². The minimum absolute atomic E-state index is 0.0498. The highest BCUT2D eigenvalue weighted by molar-refractivity contribution is 5.89. The largest absolute Gasteiger partial charge is 0.497 e. The monoisotopic (exact) mass is 338 g/mol. The van der Waals surface area contributed by atoms with Crippen molar-refractivity contribution in [2.24, 2.45) is 0 Å². The lowest BCUT2D eigenvalue weighted by Crippen LogP contribution is -2.23. The molecule has 0 aliphatic heterocycles. The molecule has 25 heavy (non-hydrogen) atoms. The zero-order valence-electron chi connectivity index (χ0n) is 14.3. The van der Waals surface area contributed by atoms with Gasteiger partial charge in [-0.05, 0) is 48.7 Å². The van der Waals surface area contributed by atoms with E-state index in [1.165, 1.54) is 0 Å². The van der Waals surface area contributed by atoms with Crippen LogP contribution in [0.1, 0.15) is 28.8 Å². The van der Waals surface area contributed by atoms with E-state index in [0.717, 1.165) is 24.2 Å². The smallest absolute Gasteiger partial charge is 0.338 e. The molecule has 1 aliphatic rings. The second-order valence-electron chi connectivity index (χ2n) is 5.97. The second kappa shape index (κ2) is 8.49. The van der Waals surface area contributed by atoms with Crippen molar-refractivity contribution in [1.82, 2.24) is 0 Å². The van der Waals surface area contributed by atoms with Crippen LogP contribution >= 0.6 is 0 Å². The minimum atomic E-state index is -0.284. The predicted molar refractivity (Wildman–Crippen MR) is 95.6 cm³/mol. The molecule has 1 aliphatic carbocycles. The molecular formula is C21H22O4. The molecule has 130 valence electrons. The van der Waals surface area contributed by atoms with Crippen LogP contribution in [0.25, 0.3) is 0 Å². The van der Waals surface area contributed by atoms with Gasteiger partial charge in [-0.2, -0.15) is 0 Å². The average Bonchev–Trinajstić information content (AvgIpc) is 2.68. The Labute approximate surface area is 148 Å². The van der Waals surface area contributed by atoms with E-state index in [2.05, 4.69) is 0 Å². The quantitative estimate of drug-likeness (QED) is 0.586. The van der Waals surface area contributed by atoms with Gasteiger partial charge in [-0.25, -0.2) is 4.79 Å². The molecular weight excluding hydrogens is 316 g/mol. The number of hydrogen-bond donors (Lipinski definition) is 0. The number of benzene rings is 2. The first kappa shape index (κ1) is 17.2. The van der Waals surface area contributed by atoms with Gasteiger partial charge < -0.3 is 14.2 Å². The molecule has 4 nitrogen and oxygen atoms in total. The molecule has 0 aromatic heterocycles. The van der Waals surface area contributed by atoms with E-state index < -0.39 is 0 Å². The fraction of sp³-hybridized carbons (Fsp3) is 0.286. The van der Waals surface area contributed by atoms with Gasteiger partial charge in [0, 0.05) is 0 Å². The van der Waals surface area contributed by atoms with Crippen molar-refractivity contribution >= 4 is 5.97 Å². The van der Waals surface area contributed by atoms with E-state index in [4.69, 9.17) is 14.2 Å². The third-order valence-electron chi connectivity index (χ3n) is 4.17. The Morgan fingerprint density at radius 2 is 1.64 bits per heavy atom. The third-order valence-corrected chi connectivity index (χ3v) is 4.17. The van der Waals surface area contributed by atoms with Crippen LogP contribution in [0.2, 0.25) is 0 Å². The van der Waals surface area contributed by atoms with Crippen molar-refractivity contribution in [2.45, 2.75) is 31.7 Å². The van der Waals surface area contributed by atoms with Crippen LogP contribution in [0, 0.1) is 0 Å². The van der Waals surface area contributed by atoms with E-state index in [9.17, 15) is 4.79 Å². The topological polar surface area (TPSA) is 44.8 Å². The minimum Gasteiger partial charge on any atom is -0.497 e. The summed E-state index contributed by atoms with van der Waals surface area (Å²) < 4.78 is 16.6. The second-order valence-corrected chi connectivity index (χ2v) is 5.97. The number of methoxy groups -OCH3 is 1. The summed E-state index contributed by atoms with van der Waals surface area (Å²) in [7, 11) is 1.65. The molecule has 0 bridgehead atoms. The van der Waals surface area contributed by atoms with Crippen LogP contribution in [0.4, 0.5) is 0 Å². The van der Waals surface area contributed by atoms with Crippen LogP contribution in [-0.2, 0) is 16.1 Å². The zero-order valence-corrected chi connectivity index (χ0v) is 14.3. The molecule has 2 atom stereocenters. The number of ether oxygens (including phenoxy) is 3. The van der Waals surface area contributed by atoms with Gasteiger partial charge in [-0.15, -0.1) is 0 Å². The van der Waals surface area contributed by atoms with Crippen molar-refractivity contribution in [1.29, 1.82) is 0 Å². The van der Waals surface area contributed by atoms with Crippen LogP contribution in [0.15, 0.2) is 66.7 Å². The van der Waals surface area contributed by atoms with Crippen LogP contribution < -0.4 is 4.74 Å². The molecule has 3 rings (SSSR count). The van der Waals surface area contributed by atoms with Crippen molar-refractivity contribution in [3.8, 4) is 5.75 Å². The number of esters is 1. The Kier molecular flexibility index (Phi) is 5.86. The Morgan fingerprint density at radius 1 is 0.960 bits per heavy atom. The highest BCUT2D eigenvalue weighted by Crippen LogP contribution is 2.20. The normalized spacial score (nSPS) is 19.4. The Bertz CT molecular complexity index is 706. The van der Waals surface area contributed by atoms with Gasteiger partial charge in [0.2, 0.25) is 0 Å². The summed E-state index contributed by atoms with van der Waals surface area (Å²) in [5, 5.41) is 0. The fourth-order valence-corrected chi connectivity index (χ4v) is 2.71. The summed E-state index contributed by atoms with van der Waals surface area (Å²) in [6, 6.07) is 16.9. The van der Waals surface area contributed by atoms with Crippen LogP contribution in [0.3, 0.4) is 0 Å². The van der Waals surface area contributed by atoms with E-state index >= 15 is 0 Å². The first-order valence-corrected chi connectivity index (χ1v) is 8.43. The SMILES string of the molecule is COc1ccc(CO[C@H]2C=C[C@H](OC(=O)c3ccccc3)CC2)cc1. The molecule has 0 N–H and O–H groups in total. The molecule has 2 aromatic carbocycles. The van der Waals surface area contributed by atoms with Gasteiger partial charge in [0.15, 0.2) is 0 Å².